The number of ether oxygens (including phenoxy) is 3. The Morgan fingerprint density at radius 2 is 2.00 bits per heavy atom. The maximum absolute atomic E-state index is 9.16. The van der Waals surface area contributed by atoms with Crippen molar-refractivity contribution in [3.8, 4) is 23.3 Å². The van der Waals surface area contributed by atoms with Gasteiger partial charge in [-0.1, -0.05) is 18.2 Å². The van der Waals surface area contributed by atoms with Gasteiger partial charge in [0.05, 0.1) is 25.8 Å². The number of hydrogen-bond donors (Lipinski definition) is 1. The molecule has 5 nitrogen and oxygen atoms in total. The van der Waals surface area contributed by atoms with Crippen LogP contribution in [-0.4, -0.2) is 27.4 Å². The molecular weight excluding hydrogens is 304 g/mol. The number of benzene rings is 2. The Balaban J connectivity index is 1.68. The molecule has 0 spiro atoms. The average Bonchev–Trinajstić information content (AvgIpc) is 3.04. The van der Waals surface area contributed by atoms with E-state index in [0.717, 1.165) is 24.3 Å². The quantitative estimate of drug-likeness (QED) is 0.885. The summed E-state index contributed by atoms with van der Waals surface area (Å²) in [5, 5.41) is 12.7. The van der Waals surface area contributed by atoms with Crippen LogP contribution in [0.15, 0.2) is 36.4 Å². The Morgan fingerprint density at radius 1 is 1.21 bits per heavy atom. The van der Waals surface area contributed by atoms with Crippen molar-refractivity contribution in [2.45, 2.75) is 12.5 Å². The van der Waals surface area contributed by atoms with Crippen molar-refractivity contribution in [2.75, 3.05) is 27.4 Å². The van der Waals surface area contributed by atoms with Gasteiger partial charge in [-0.15, -0.1) is 0 Å². The summed E-state index contributed by atoms with van der Waals surface area (Å²) in [6.07, 6.45) is 0.768. The van der Waals surface area contributed by atoms with Gasteiger partial charge in [-0.05, 0) is 24.1 Å². The summed E-state index contributed by atoms with van der Waals surface area (Å²) < 4.78 is 16.4. The Bertz CT molecular complexity index is 768. The maximum Gasteiger partial charge on any atom is 0.137 e. The number of nitrogens with one attached hydrogen (secondary N) is 1. The number of rotatable bonds is 6. The fraction of sp³-hybridized carbons (Fsp3) is 0.316. The molecule has 1 unspecified atom stereocenters. The average molecular weight is 324 g/mol. The summed E-state index contributed by atoms with van der Waals surface area (Å²) >= 11 is 0. The Labute approximate surface area is 141 Å². The van der Waals surface area contributed by atoms with Crippen LogP contribution in [0.3, 0.4) is 0 Å². The monoisotopic (exact) mass is 324 g/mol. The van der Waals surface area contributed by atoms with Gasteiger partial charge in [-0.25, -0.2) is 0 Å². The lowest BCUT2D eigenvalue weighted by Crippen LogP contribution is -2.24. The second kappa shape index (κ2) is 7.24. The molecule has 0 amide bonds. The summed E-state index contributed by atoms with van der Waals surface area (Å²) in [7, 11) is 3.18. The first-order chi connectivity index (χ1) is 11.8. The highest BCUT2D eigenvalue weighted by atomic mass is 16.5. The van der Waals surface area contributed by atoms with Gasteiger partial charge in [-0.3, -0.25) is 0 Å². The van der Waals surface area contributed by atoms with Crippen LogP contribution in [-0.2, 0) is 6.42 Å². The third-order valence-corrected chi connectivity index (χ3v) is 4.21. The van der Waals surface area contributed by atoms with Gasteiger partial charge in [0, 0.05) is 18.2 Å². The lowest BCUT2D eigenvalue weighted by molar-refractivity contribution is 0.311. The van der Waals surface area contributed by atoms with E-state index >= 15 is 0 Å². The predicted molar refractivity (Wildman–Crippen MR) is 90.6 cm³/mol. The molecular formula is C19H20N2O3. The Kier molecular flexibility index (Phi) is 4.88. The fourth-order valence-electron chi connectivity index (χ4n) is 2.96. The van der Waals surface area contributed by atoms with Crippen molar-refractivity contribution < 1.29 is 14.2 Å². The summed E-state index contributed by atoms with van der Waals surface area (Å²) in [4.78, 5) is 0. The van der Waals surface area contributed by atoms with Crippen molar-refractivity contribution in [1.29, 1.82) is 5.26 Å². The van der Waals surface area contributed by atoms with Gasteiger partial charge in [0.15, 0.2) is 0 Å². The third-order valence-electron chi connectivity index (χ3n) is 4.21. The van der Waals surface area contributed by atoms with Crippen molar-refractivity contribution in [3.63, 3.8) is 0 Å². The third kappa shape index (κ3) is 3.15. The van der Waals surface area contributed by atoms with Crippen molar-refractivity contribution in [3.05, 3.63) is 53.1 Å². The van der Waals surface area contributed by atoms with E-state index in [0.29, 0.717) is 23.7 Å². The van der Waals surface area contributed by atoms with Gasteiger partial charge in [0.2, 0.25) is 0 Å². The largest absolute Gasteiger partial charge is 0.496 e. The highest BCUT2D eigenvalue weighted by Gasteiger charge is 2.22. The van der Waals surface area contributed by atoms with Crippen LogP contribution in [0.1, 0.15) is 22.7 Å². The molecule has 1 N–H and O–H groups in total. The molecule has 0 aromatic heterocycles. The minimum Gasteiger partial charge on any atom is -0.496 e. The highest BCUT2D eigenvalue weighted by molar-refractivity contribution is 5.52. The van der Waals surface area contributed by atoms with E-state index in [-0.39, 0.29) is 6.04 Å². The van der Waals surface area contributed by atoms with Gasteiger partial charge in [-0.2, -0.15) is 5.26 Å². The van der Waals surface area contributed by atoms with Crippen molar-refractivity contribution >= 4 is 0 Å². The first-order valence-corrected chi connectivity index (χ1v) is 7.87. The predicted octanol–water partition coefficient (Wildman–Crippen LogP) is 2.84. The summed E-state index contributed by atoms with van der Waals surface area (Å²) in [5.74, 6) is 2.23. The van der Waals surface area contributed by atoms with Crippen LogP contribution in [0.25, 0.3) is 0 Å². The first kappa shape index (κ1) is 16.2. The van der Waals surface area contributed by atoms with E-state index in [2.05, 4.69) is 17.5 Å². The molecule has 0 radical (unpaired) electrons. The normalized spacial score (nSPS) is 15.3. The lowest BCUT2D eigenvalue weighted by Gasteiger charge is -2.14. The topological polar surface area (TPSA) is 63.5 Å². The SMILES string of the molecule is COc1cc(CCNC2COc3ccccc32)c(OC)cc1C#N. The van der Waals surface area contributed by atoms with E-state index in [1.807, 2.05) is 24.3 Å². The zero-order valence-electron chi connectivity index (χ0n) is 13.8. The van der Waals surface area contributed by atoms with Gasteiger partial charge >= 0.3 is 0 Å². The smallest absolute Gasteiger partial charge is 0.137 e. The van der Waals surface area contributed by atoms with Crippen molar-refractivity contribution in [1.82, 2.24) is 5.32 Å². The second-order valence-electron chi connectivity index (χ2n) is 5.58. The molecule has 5 heteroatoms. The maximum atomic E-state index is 9.16. The molecule has 0 aliphatic carbocycles. The number of nitrogens with zero attached hydrogens (tertiary/aromatic N) is 1. The van der Waals surface area contributed by atoms with Gasteiger partial charge in [0.1, 0.15) is 29.9 Å². The number of hydrogen-bond acceptors (Lipinski definition) is 5. The summed E-state index contributed by atoms with van der Waals surface area (Å²) in [6.45, 7) is 1.42. The molecule has 0 saturated heterocycles. The zero-order chi connectivity index (χ0) is 16.9. The summed E-state index contributed by atoms with van der Waals surface area (Å²) in [5.41, 5.74) is 2.68. The molecule has 0 saturated carbocycles. The number of methoxy groups -OCH3 is 2. The Hall–Kier alpha value is -2.71. The molecule has 1 atom stereocenters. The molecule has 0 fully saturated rings. The molecule has 1 aliphatic heterocycles. The zero-order valence-corrected chi connectivity index (χ0v) is 13.8. The van der Waals surface area contributed by atoms with Crippen LogP contribution < -0.4 is 19.5 Å². The van der Waals surface area contributed by atoms with Crippen LogP contribution in [0, 0.1) is 11.3 Å². The van der Waals surface area contributed by atoms with E-state index in [1.165, 1.54) is 5.56 Å². The lowest BCUT2D eigenvalue weighted by atomic mass is 10.1. The minimum atomic E-state index is 0.201. The van der Waals surface area contributed by atoms with Crippen LogP contribution in [0.4, 0.5) is 0 Å². The van der Waals surface area contributed by atoms with E-state index in [1.54, 1.807) is 20.3 Å². The standard InChI is InChI=1S/C19H20N2O3/c1-22-18-10-14(11-20)19(23-2)9-13(18)7-8-21-16-12-24-17-6-4-3-5-15(16)17/h3-6,9-10,16,21H,7-8,12H2,1-2H3. The molecule has 0 bridgehead atoms. The number of fused-ring (bicyclic) bond motifs is 1. The molecule has 2 aromatic carbocycles. The van der Waals surface area contributed by atoms with E-state index < -0.39 is 0 Å². The van der Waals surface area contributed by atoms with Crippen LogP contribution >= 0.6 is 0 Å². The molecule has 124 valence electrons. The van der Waals surface area contributed by atoms with Crippen molar-refractivity contribution in [2.24, 2.45) is 0 Å². The second-order valence-corrected chi connectivity index (χ2v) is 5.58. The Morgan fingerprint density at radius 3 is 2.75 bits per heavy atom. The molecule has 1 aliphatic rings. The fourth-order valence-corrected chi connectivity index (χ4v) is 2.96. The van der Waals surface area contributed by atoms with E-state index in [9.17, 15) is 0 Å². The van der Waals surface area contributed by atoms with E-state index in [4.69, 9.17) is 19.5 Å². The summed E-state index contributed by atoms with van der Waals surface area (Å²) in [6, 6.07) is 14.0. The number of para-hydroxylation sites is 1. The highest BCUT2D eigenvalue weighted by Crippen LogP contribution is 2.32. The molecule has 1 heterocycles. The van der Waals surface area contributed by atoms with Crippen LogP contribution in [0.5, 0.6) is 17.2 Å². The molecule has 2 aromatic rings. The molecule has 24 heavy (non-hydrogen) atoms. The minimum absolute atomic E-state index is 0.201. The van der Waals surface area contributed by atoms with Crippen LogP contribution in [0.2, 0.25) is 0 Å². The van der Waals surface area contributed by atoms with Gasteiger partial charge in [0.25, 0.3) is 0 Å². The molecule has 3 rings (SSSR count). The van der Waals surface area contributed by atoms with Gasteiger partial charge < -0.3 is 19.5 Å². The number of nitriles is 1. The first-order valence-electron chi connectivity index (χ1n) is 7.87.